The van der Waals surface area contributed by atoms with Crippen molar-refractivity contribution < 1.29 is 4.74 Å². The summed E-state index contributed by atoms with van der Waals surface area (Å²) in [5, 5.41) is 12.7. The van der Waals surface area contributed by atoms with Gasteiger partial charge in [0.2, 0.25) is 0 Å². The zero-order valence-corrected chi connectivity index (χ0v) is 12.4. The van der Waals surface area contributed by atoms with Crippen LogP contribution in [0.3, 0.4) is 0 Å². The van der Waals surface area contributed by atoms with Crippen LogP contribution in [0.2, 0.25) is 0 Å². The SMILES string of the molecule is CCC(C)(C)OCCCCC(C)(C#N)NC1CC1. The van der Waals surface area contributed by atoms with Gasteiger partial charge in [0.05, 0.1) is 11.7 Å². The zero-order chi connectivity index (χ0) is 13.6. The molecule has 0 bridgehead atoms. The minimum atomic E-state index is -0.346. The highest BCUT2D eigenvalue weighted by atomic mass is 16.5. The molecule has 1 unspecified atom stereocenters. The molecule has 1 aliphatic carbocycles. The van der Waals surface area contributed by atoms with Gasteiger partial charge in [-0.05, 0) is 59.3 Å². The monoisotopic (exact) mass is 252 g/mol. The summed E-state index contributed by atoms with van der Waals surface area (Å²) >= 11 is 0. The molecule has 1 atom stereocenters. The molecule has 1 fully saturated rings. The molecule has 0 heterocycles. The normalized spacial score (nSPS) is 19.3. The molecular weight excluding hydrogens is 224 g/mol. The molecule has 3 nitrogen and oxygen atoms in total. The van der Waals surface area contributed by atoms with E-state index in [9.17, 15) is 5.26 Å². The maximum atomic E-state index is 9.24. The van der Waals surface area contributed by atoms with Gasteiger partial charge in [0.15, 0.2) is 0 Å². The molecule has 3 heteroatoms. The molecule has 0 spiro atoms. The average Bonchev–Trinajstić information content (AvgIpc) is 3.12. The lowest BCUT2D eigenvalue weighted by atomic mass is 9.96. The first-order chi connectivity index (χ1) is 8.41. The Hall–Kier alpha value is -0.590. The minimum Gasteiger partial charge on any atom is -0.376 e. The van der Waals surface area contributed by atoms with Crippen molar-refractivity contribution in [2.45, 2.75) is 83.4 Å². The Kier molecular flexibility index (Phi) is 5.62. The van der Waals surface area contributed by atoms with E-state index in [4.69, 9.17) is 4.74 Å². The quantitative estimate of drug-likeness (QED) is 0.640. The Bertz CT molecular complexity index is 291. The molecule has 1 aliphatic rings. The van der Waals surface area contributed by atoms with Crippen LogP contribution >= 0.6 is 0 Å². The maximum absolute atomic E-state index is 9.24. The van der Waals surface area contributed by atoms with Gasteiger partial charge in [0, 0.05) is 12.6 Å². The van der Waals surface area contributed by atoms with Crippen LogP contribution in [0, 0.1) is 11.3 Å². The molecule has 0 aromatic heterocycles. The van der Waals surface area contributed by atoms with E-state index in [1.165, 1.54) is 12.8 Å². The molecule has 18 heavy (non-hydrogen) atoms. The standard InChI is InChI=1S/C15H28N2O/c1-5-14(2,3)18-11-7-6-10-15(4,12-16)17-13-8-9-13/h13,17H,5-11H2,1-4H3. The highest BCUT2D eigenvalue weighted by molar-refractivity contribution is 5.06. The van der Waals surface area contributed by atoms with Crippen LogP contribution in [0.15, 0.2) is 0 Å². The first-order valence-corrected chi connectivity index (χ1v) is 7.24. The molecule has 104 valence electrons. The third-order valence-electron chi connectivity index (χ3n) is 3.76. The minimum absolute atomic E-state index is 0.00913. The van der Waals surface area contributed by atoms with E-state index in [2.05, 4.69) is 32.2 Å². The predicted molar refractivity (Wildman–Crippen MR) is 74.3 cm³/mol. The summed E-state index contributed by atoms with van der Waals surface area (Å²) in [6.45, 7) is 9.21. The van der Waals surface area contributed by atoms with E-state index in [-0.39, 0.29) is 11.1 Å². The second-order valence-electron chi connectivity index (χ2n) is 6.28. The molecule has 0 aromatic carbocycles. The van der Waals surface area contributed by atoms with Gasteiger partial charge in [-0.2, -0.15) is 5.26 Å². The summed E-state index contributed by atoms with van der Waals surface area (Å²) in [5.41, 5.74) is -0.355. The Balaban J connectivity index is 2.14. The van der Waals surface area contributed by atoms with Crippen LogP contribution in [0.5, 0.6) is 0 Å². The third-order valence-corrected chi connectivity index (χ3v) is 3.76. The van der Waals surface area contributed by atoms with Gasteiger partial charge < -0.3 is 4.74 Å². The Morgan fingerprint density at radius 3 is 2.44 bits per heavy atom. The zero-order valence-electron chi connectivity index (χ0n) is 12.4. The van der Waals surface area contributed by atoms with Gasteiger partial charge >= 0.3 is 0 Å². The number of unbranched alkanes of at least 4 members (excludes halogenated alkanes) is 1. The molecule has 0 amide bonds. The lowest BCUT2D eigenvalue weighted by Gasteiger charge is -2.25. The van der Waals surface area contributed by atoms with Crippen LogP contribution in [-0.2, 0) is 4.74 Å². The van der Waals surface area contributed by atoms with Crippen LogP contribution in [0.25, 0.3) is 0 Å². The largest absolute Gasteiger partial charge is 0.376 e. The number of ether oxygens (including phenoxy) is 1. The van der Waals surface area contributed by atoms with Crippen LogP contribution in [0.4, 0.5) is 0 Å². The second kappa shape index (κ2) is 6.54. The molecule has 0 saturated heterocycles. The molecule has 0 radical (unpaired) electrons. The first kappa shape index (κ1) is 15.5. The van der Waals surface area contributed by atoms with Crippen LogP contribution in [0.1, 0.15) is 66.2 Å². The number of nitriles is 1. The van der Waals surface area contributed by atoms with Crippen molar-refractivity contribution in [3.8, 4) is 6.07 Å². The smallest absolute Gasteiger partial charge is 0.104 e. The summed E-state index contributed by atoms with van der Waals surface area (Å²) in [6, 6.07) is 3.00. The van der Waals surface area contributed by atoms with Gasteiger partial charge in [-0.15, -0.1) is 0 Å². The summed E-state index contributed by atoms with van der Waals surface area (Å²) in [7, 11) is 0. The van der Waals surface area contributed by atoms with Gasteiger partial charge in [-0.3, -0.25) is 5.32 Å². The van der Waals surface area contributed by atoms with Crippen molar-refractivity contribution in [2.75, 3.05) is 6.61 Å². The number of rotatable bonds is 9. The lowest BCUT2D eigenvalue weighted by Crippen LogP contribution is -2.42. The molecule has 1 N–H and O–H groups in total. The number of nitrogens with one attached hydrogen (secondary N) is 1. The van der Waals surface area contributed by atoms with Crippen molar-refractivity contribution in [1.29, 1.82) is 5.26 Å². The summed E-state index contributed by atoms with van der Waals surface area (Å²) in [4.78, 5) is 0. The molecular formula is C15H28N2O. The Labute approximate surface area is 112 Å². The van der Waals surface area contributed by atoms with E-state index >= 15 is 0 Å². The van der Waals surface area contributed by atoms with Gasteiger partial charge in [-0.1, -0.05) is 6.92 Å². The van der Waals surface area contributed by atoms with Crippen molar-refractivity contribution in [3.63, 3.8) is 0 Å². The predicted octanol–water partition coefficient (Wildman–Crippen LogP) is 3.40. The maximum Gasteiger partial charge on any atom is 0.104 e. The van der Waals surface area contributed by atoms with E-state index in [1.54, 1.807) is 0 Å². The average molecular weight is 252 g/mol. The van der Waals surface area contributed by atoms with Crippen molar-refractivity contribution in [1.82, 2.24) is 5.32 Å². The third kappa shape index (κ3) is 5.84. The van der Waals surface area contributed by atoms with Crippen molar-refractivity contribution >= 4 is 0 Å². The van der Waals surface area contributed by atoms with Crippen LogP contribution in [-0.4, -0.2) is 23.8 Å². The summed E-state index contributed by atoms with van der Waals surface area (Å²) in [6.07, 6.45) is 6.48. The molecule has 0 aromatic rings. The van der Waals surface area contributed by atoms with E-state index in [1.807, 2.05) is 6.92 Å². The van der Waals surface area contributed by atoms with E-state index in [0.29, 0.717) is 6.04 Å². The second-order valence-corrected chi connectivity index (χ2v) is 6.28. The molecule has 1 saturated carbocycles. The van der Waals surface area contributed by atoms with Crippen LogP contribution < -0.4 is 5.32 Å². The summed E-state index contributed by atoms with van der Waals surface area (Å²) in [5.74, 6) is 0. The van der Waals surface area contributed by atoms with Gasteiger partial charge in [-0.25, -0.2) is 0 Å². The first-order valence-electron chi connectivity index (χ1n) is 7.24. The fourth-order valence-electron chi connectivity index (χ4n) is 1.87. The molecule has 1 rings (SSSR count). The van der Waals surface area contributed by atoms with E-state index in [0.717, 1.165) is 32.3 Å². The van der Waals surface area contributed by atoms with Crippen molar-refractivity contribution in [3.05, 3.63) is 0 Å². The Morgan fingerprint density at radius 1 is 1.28 bits per heavy atom. The fourth-order valence-corrected chi connectivity index (χ4v) is 1.87. The topological polar surface area (TPSA) is 45.0 Å². The van der Waals surface area contributed by atoms with Gasteiger partial charge in [0.25, 0.3) is 0 Å². The number of hydrogen-bond donors (Lipinski definition) is 1. The lowest BCUT2D eigenvalue weighted by molar-refractivity contribution is -0.0219. The molecule has 0 aliphatic heterocycles. The van der Waals surface area contributed by atoms with Gasteiger partial charge in [0.1, 0.15) is 5.54 Å². The van der Waals surface area contributed by atoms with E-state index < -0.39 is 0 Å². The highest BCUT2D eigenvalue weighted by Crippen LogP contribution is 2.25. The summed E-state index contributed by atoms with van der Waals surface area (Å²) < 4.78 is 5.82. The number of nitrogens with zero attached hydrogens (tertiary/aromatic N) is 1. The number of hydrogen-bond acceptors (Lipinski definition) is 3. The highest BCUT2D eigenvalue weighted by Gasteiger charge is 2.31. The Morgan fingerprint density at radius 2 is 1.94 bits per heavy atom. The van der Waals surface area contributed by atoms with Crippen molar-refractivity contribution in [2.24, 2.45) is 0 Å². The fraction of sp³-hybridized carbons (Fsp3) is 0.933.